The maximum absolute atomic E-state index is 12.2. The Labute approximate surface area is 118 Å². The highest BCUT2D eigenvalue weighted by Gasteiger charge is 2.24. The number of hydrogen-bond donors (Lipinski definition) is 1. The molecule has 0 saturated heterocycles. The molecule has 1 saturated carbocycles. The van der Waals surface area contributed by atoms with Gasteiger partial charge in [0.15, 0.2) is 5.78 Å². The summed E-state index contributed by atoms with van der Waals surface area (Å²) in [5, 5.41) is 2.97. The number of pyridine rings is 1. The summed E-state index contributed by atoms with van der Waals surface area (Å²) in [4.78, 5) is 27.8. The molecule has 5 heteroatoms. The zero-order valence-electron chi connectivity index (χ0n) is 11.9. The normalized spacial score (nSPS) is 22.3. The number of carbonyl (C=O) groups is 2. The summed E-state index contributed by atoms with van der Waals surface area (Å²) in [7, 11) is 1.72. The quantitative estimate of drug-likeness (QED) is 0.854. The number of amides is 1. The summed E-state index contributed by atoms with van der Waals surface area (Å²) >= 11 is 0. The molecule has 1 fully saturated rings. The Morgan fingerprint density at radius 1 is 1.30 bits per heavy atom. The Morgan fingerprint density at radius 2 is 2.00 bits per heavy atom. The molecular weight excluding hydrogens is 256 g/mol. The molecule has 0 aromatic carbocycles. The average molecular weight is 276 g/mol. The molecule has 108 valence electrons. The first-order valence-electron chi connectivity index (χ1n) is 6.91. The van der Waals surface area contributed by atoms with E-state index in [1.807, 2.05) is 0 Å². The van der Waals surface area contributed by atoms with Crippen LogP contribution >= 0.6 is 0 Å². The van der Waals surface area contributed by atoms with E-state index < -0.39 is 0 Å². The minimum atomic E-state index is -0.267. The van der Waals surface area contributed by atoms with Crippen LogP contribution in [0.15, 0.2) is 18.3 Å². The highest BCUT2D eigenvalue weighted by molar-refractivity contribution is 6.05. The number of ether oxygens (including phenoxy) is 1. The zero-order valence-corrected chi connectivity index (χ0v) is 11.9. The molecule has 1 aliphatic carbocycles. The molecule has 2 rings (SSSR count). The van der Waals surface area contributed by atoms with E-state index in [-0.39, 0.29) is 23.4 Å². The monoisotopic (exact) mass is 276 g/mol. The standard InChI is InChI=1S/C15H20N2O3/c1-10(18)13-4-3-9-16-14(13)15(19)17-11-5-7-12(20-2)8-6-11/h3-4,9,11-12H,5-8H2,1-2H3,(H,17,19). The fourth-order valence-corrected chi connectivity index (χ4v) is 2.57. The summed E-state index contributed by atoms with van der Waals surface area (Å²) < 4.78 is 5.31. The van der Waals surface area contributed by atoms with Crippen molar-refractivity contribution < 1.29 is 14.3 Å². The van der Waals surface area contributed by atoms with E-state index >= 15 is 0 Å². The highest BCUT2D eigenvalue weighted by atomic mass is 16.5. The van der Waals surface area contributed by atoms with Crippen LogP contribution in [0.3, 0.4) is 0 Å². The molecule has 0 radical (unpaired) electrons. The number of nitrogens with zero attached hydrogens (tertiary/aromatic N) is 1. The van der Waals surface area contributed by atoms with Crippen molar-refractivity contribution in [2.24, 2.45) is 0 Å². The predicted molar refractivity (Wildman–Crippen MR) is 74.8 cm³/mol. The fourth-order valence-electron chi connectivity index (χ4n) is 2.57. The van der Waals surface area contributed by atoms with Crippen LogP contribution < -0.4 is 5.32 Å². The van der Waals surface area contributed by atoms with Gasteiger partial charge in [-0.2, -0.15) is 0 Å². The molecule has 1 N–H and O–H groups in total. The van der Waals surface area contributed by atoms with E-state index in [0.717, 1.165) is 25.7 Å². The second kappa shape index (κ2) is 6.61. The van der Waals surface area contributed by atoms with Crippen molar-refractivity contribution in [2.45, 2.75) is 44.8 Å². The van der Waals surface area contributed by atoms with Gasteiger partial charge in [-0.15, -0.1) is 0 Å². The van der Waals surface area contributed by atoms with Gasteiger partial charge >= 0.3 is 0 Å². The van der Waals surface area contributed by atoms with Gasteiger partial charge < -0.3 is 10.1 Å². The van der Waals surface area contributed by atoms with Crippen molar-refractivity contribution in [2.75, 3.05) is 7.11 Å². The van der Waals surface area contributed by atoms with Crippen LogP contribution in [0.25, 0.3) is 0 Å². The van der Waals surface area contributed by atoms with Gasteiger partial charge in [0.2, 0.25) is 0 Å². The van der Waals surface area contributed by atoms with E-state index in [1.54, 1.807) is 19.2 Å². The molecule has 20 heavy (non-hydrogen) atoms. The summed E-state index contributed by atoms with van der Waals surface area (Å²) in [6.07, 6.45) is 5.51. The van der Waals surface area contributed by atoms with Crippen LogP contribution in [0, 0.1) is 0 Å². The smallest absolute Gasteiger partial charge is 0.270 e. The Bertz CT molecular complexity index is 494. The minimum Gasteiger partial charge on any atom is -0.381 e. The number of Topliss-reactive ketones (excluding diaryl/α,β-unsaturated/α-hetero) is 1. The first-order valence-corrected chi connectivity index (χ1v) is 6.91. The van der Waals surface area contributed by atoms with E-state index in [4.69, 9.17) is 4.74 Å². The van der Waals surface area contributed by atoms with Gasteiger partial charge in [-0.25, -0.2) is 0 Å². The van der Waals surface area contributed by atoms with E-state index in [2.05, 4.69) is 10.3 Å². The number of hydrogen-bond acceptors (Lipinski definition) is 4. The van der Waals surface area contributed by atoms with Crippen LogP contribution in [0.1, 0.15) is 53.5 Å². The largest absolute Gasteiger partial charge is 0.381 e. The summed E-state index contributed by atoms with van der Waals surface area (Å²) in [5.74, 6) is -0.414. The SMILES string of the molecule is COC1CCC(NC(=O)c2ncccc2C(C)=O)CC1. The van der Waals surface area contributed by atoms with Crippen molar-refractivity contribution in [3.63, 3.8) is 0 Å². The maximum atomic E-state index is 12.2. The van der Waals surface area contributed by atoms with Crippen LogP contribution in [-0.2, 0) is 4.74 Å². The number of rotatable bonds is 4. The lowest BCUT2D eigenvalue weighted by atomic mass is 9.93. The second-order valence-electron chi connectivity index (χ2n) is 5.14. The third kappa shape index (κ3) is 3.42. The highest BCUT2D eigenvalue weighted by Crippen LogP contribution is 2.21. The third-order valence-electron chi connectivity index (χ3n) is 3.74. The Morgan fingerprint density at radius 3 is 2.60 bits per heavy atom. The Hall–Kier alpha value is -1.75. The topological polar surface area (TPSA) is 68.3 Å². The molecule has 0 spiro atoms. The summed E-state index contributed by atoms with van der Waals surface area (Å²) in [6.45, 7) is 1.44. The van der Waals surface area contributed by atoms with Crippen molar-refractivity contribution in [1.29, 1.82) is 0 Å². The van der Waals surface area contributed by atoms with Crippen molar-refractivity contribution >= 4 is 11.7 Å². The van der Waals surface area contributed by atoms with Crippen LogP contribution in [0.2, 0.25) is 0 Å². The minimum absolute atomic E-state index is 0.135. The second-order valence-corrected chi connectivity index (χ2v) is 5.14. The van der Waals surface area contributed by atoms with E-state index in [9.17, 15) is 9.59 Å². The lowest BCUT2D eigenvalue weighted by Crippen LogP contribution is -2.39. The number of aromatic nitrogens is 1. The lowest BCUT2D eigenvalue weighted by molar-refractivity contribution is 0.0598. The van der Waals surface area contributed by atoms with Crippen molar-refractivity contribution in [1.82, 2.24) is 10.3 Å². The van der Waals surface area contributed by atoms with Gasteiger partial charge in [0.05, 0.1) is 6.10 Å². The van der Waals surface area contributed by atoms with Gasteiger partial charge in [0.1, 0.15) is 5.69 Å². The summed E-state index contributed by atoms with van der Waals surface area (Å²) in [6, 6.07) is 3.43. The van der Waals surface area contributed by atoms with Crippen LogP contribution in [0.4, 0.5) is 0 Å². The first kappa shape index (κ1) is 14.7. The van der Waals surface area contributed by atoms with Gasteiger partial charge in [0, 0.05) is 24.9 Å². The fraction of sp³-hybridized carbons (Fsp3) is 0.533. The maximum Gasteiger partial charge on any atom is 0.270 e. The molecule has 0 aliphatic heterocycles. The zero-order chi connectivity index (χ0) is 14.5. The van der Waals surface area contributed by atoms with E-state index in [1.165, 1.54) is 13.1 Å². The van der Waals surface area contributed by atoms with Gasteiger partial charge in [0.25, 0.3) is 5.91 Å². The van der Waals surface area contributed by atoms with Crippen LogP contribution in [0.5, 0.6) is 0 Å². The molecule has 1 amide bonds. The average Bonchev–Trinajstić information content (AvgIpc) is 2.48. The Kier molecular flexibility index (Phi) is 4.84. The van der Waals surface area contributed by atoms with Crippen molar-refractivity contribution in [3.05, 3.63) is 29.6 Å². The molecule has 1 heterocycles. The van der Waals surface area contributed by atoms with Crippen LogP contribution in [-0.4, -0.2) is 35.9 Å². The third-order valence-corrected chi connectivity index (χ3v) is 3.74. The van der Waals surface area contributed by atoms with Crippen molar-refractivity contribution in [3.8, 4) is 0 Å². The van der Waals surface area contributed by atoms with Gasteiger partial charge in [-0.1, -0.05) is 0 Å². The molecule has 1 aliphatic rings. The molecule has 0 unspecified atom stereocenters. The molecule has 1 aromatic rings. The Balaban J connectivity index is 2.01. The molecule has 0 bridgehead atoms. The first-order chi connectivity index (χ1) is 9.61. The van der Waals surface area contributed by atoms with E-state index in [0.29, 0.717) is 11.7 Å². The summed E-state index contributed by atoms with van der Waals surface area (Å²) in [5.41, 5.74) is 0.587. The molecule has 0 atom stereocenters. The lowest BCUT2D eigenvalue weighted by Gasteiger charge is -2.28. The van der Waals surface area contributed by atoms with Gasteiger partial charge in [-0.3, -0.25) is 14.6 Å². The predicted octanol–water partition coefficient (Wildman–Crippen LogP) is 1.97. The molecule has 5 nitrogen and oxygen atoms in total. The number of methoxy groups -OCH3 is 1. The number of ketones is 1. The van der Waals surface area contributed by atoms with Gasteiger partial charge in [-0.05, 0) is 44.7 Å². The molecular formula is C15H20N2O3. The number of carbonyl (C=O) groups excluding carboxylic acids is 2. The molecule has 1 aromatic heterocycles. The number of nitrogens with one attached hydrogen (secondary N) is 1.